The van der Waals surface area contributed by atoms with Crippen LogP contribution in [0.25, 0.3) is 0 Å². The van der Waals surface area contributed by atoms with Crippen LogP contribution in [0.3, 0.4) is 0 Å². The molecule has 1 aliphatic heterocycles. The van der Waals surface area contributed by atoms with Crippen molar-refractivity contribution in [1.82, 2.24) is 0 Å². The summed E-state index contributed by atoms with van der Waals surface area (Å²) in [6, 6.07) is 15.7. The second-order valence-corrected chi connectivity index (χ2v) is 7.00. The van der Waals surface area contributed by atoms with E-state index in [4.69, 9.17) is 5.26 Å². The van der Waals surface area contributed by atoms with Crippen molar-refractivity contribution in [2.45, 2.75) is 17.7 Å². The summed E-state index contributed by atoms with van der Waals surface area (Å²) in [7, 11) is -3.64. The minimum Gasteiger partial charge on any atom is -0.265 e. The van der Waals surface area contributed by atoms with Gasteiger partial charge in [0.05, 0.1) is 22.2 Å². The van der Waals surface area contributed by atoms with Crippen molar-refractivity contribution in [3.05, 3.63) is 59.7 Å². The SMILES string of the molecule is C[C@@H]1CN(S(=O)(=O)c2cccc(C#N)c2)c2ccccc21. The highest BCUT2D eigenvalue weighted by atomic mass is 32.2. The molecule has 0 saturated carbocycles. The van der Waals surface area contributed by atoms with Gasteiger partial charge >= 0.3 is 0 Å². The molecule has 2 aromatic carbocycles. The number of sulfonamides is 1. The van der Waals surface area contributed by atoms with Crippen LogP contribution in [0.15, 0.2) is 53.4 Å². The smallest absolute Gasteiger partial charge is 0.264 e. The van der Waals surface area contributed by atoms with Gasteiger partial charge in [-0.3, -0.25) is 4.31 Å². The van der Waals surface area contributed by atoms with Gasteiger partial charge in [0, 0.05) is 12.5 Å². The van der Waals surface area contributed by atoms with Gasteiger partial charge in [-0.25, -0.2) is 8.42 Å². The molecule has 0 aliphatic carbocycles. The fraction of sp³-hybridized carbons (Fsp3) is 0.188. The van der Waals surface area contributed by atoms with E-state index in [-0.39, 0.29) is 10.8 Å². The van der Waals surface area contributed by atoms with Crippen LogP contribution in [0.1, 0.15) is 24.0 Å². The van der Waals surface area contributed by atoms with E-state index in [0.717, 1.165) is 11.3 Å². The van der Waals surface area contributed by atoms with Crippen molar-refractivity contribution in [1.29, 1.82) is 5.26 Å². The van der Waals surface area contributed by atoms with E-state index in [1.807, 2.05) is 37.3 Å². The molecule has 0 aromatic heterocycles. The predicted octanol–water partition coefficient (Wildman–Crippen LogP) is 2.87. The van der Waals surface area contributed by atoms with Crippen molar-refractivity contribution in [2.75, 3.05) is 10.8 Å². The number of hydrogen-bond acceptors (Lipinski definition) is 3. The standard InChI is InChI=1S/C16H14N2O2S/c1-12-11-18(16-8-3-2-7-15(12)16)21(19,20)14-6-4-5-13(9-14)10-17/h2-9,12H,11H2,1H3/t12-/m1/s1. The quantitative estimate of drug-likeness (QED) is 0.856. The molecule has 106 valence electrons. The number of hydrogen-bond donors (Lipinski definition) is 0. The zero-order valence-electron chi connectivity index (χ0n) is 11.5. The lowest BCUT2D eigenvalue weighted by Crippen LogP contribution is -2.29. The topological polar surface area (TPSA) is 61.2 Å². The Hall–Kier alpha value is -2.32. The molecule has 0 N–H and O–H groups in total. The molecule has 0 radical (unpaired) electrons. The lowest BCUT2D eigenvalue weighted by atomic mass is 10.0. The van der Waals surface area contributed by atoms with Crippen molar-refractivity contribution in [3.8, 4) is 6.07 Å². The summed E-state index contributed by atoms with van der Waals surface area (Å²) in [6.07, 6.45) is 0. The van der Waals surface area contributed by atoms with E-state index in [2.05, 4.69) is 0 Å². The first-order valence-electron chi connectivity index (χ1n) is 6.66. The van der Waals surface area contributed by atoms with E-state index in [0.29, 0.717) is 12.1 Å². The highest BCUT2D eigenvalue weighted by Gasteiger charge is 2.34. The Bertz CT molecular complexity index is 837. The van der Waals surface area contributed by atoms with Gasteiger partial charge in [-0.2, -0.15) is 5.26 Å². The minimum atomic E-state index is -3.64. The predicted molar refractivity (Wildman–Crippen MR) is 80.5 cm³/mol. The monoisotopic (exact) mass is 298 g/mol. The van der Waals surface area contributed by atoms with Gasteiger partial charge in [0.25, 0.3) is 10.0 Å². The molecule has 1 aliphatic rings. The van der Waals surface area contributed by atoms with Crippen LogP contribution in [0.2, 0.25) is 0 Å². The van der Waals surface area contributed by atoms with Crippen LogP contribution >= 0.6 is 0 Å². The van der Waals surface area contributed by atoms with Crippen LogP contribution in [0.4, 0.5) is 5.69 Å². The molecule has 1 atom stereocenters. The summed E-state index contributed by atoms with van der Waals surface area (Å²) < 4.78 is 27.1. The molecule has 0 spiro atoms. The molecule has 1 heterocycles. The highest BCUT2D eigenvalue weighted by Crippen LogP contribution is 2.39. The third kappa shape index (κ3) is 2.18. The summed E-state index contributed by atoms with van der Waals surface area (Å²) in [4.78, 5) is 0.158. The number of rotatable bonds is 2. The third-order valence-electron chi connectivity index (χ3n) is 3.73. The van der Waals surface area contributed by atoms with Crippen molar-refractivity contribution >= 4 is 15.7 Å². The molecule has 3 rings (SSSR count). The summed E-state index contributed by atoms with van der Waals surface area (Å²) in [6.45, 7) is 2.44. The third-order valence-corrected chi connectivity index (χ3v) is 5.50. The molecule has 4 nitrogen and oxygen atoms in total. The Labute approximate surface area is 124 Å². The lowest BCUT2D eigenvalue weighted by Gasteiger charge is -2.19. The largest absolute Gasteiger partial charge is 0.265 e. The van der Waals surface area contributed by atoms with E-state index in [1.165, 1.54) is 16.4 Å². The van der Waals surface area contributed by atoms with E-state index >= 15 is 0 Å². The Morgan fingerprint density at radius 3 is 2.71 bits per heavy atom. The normalized spacial score (nSPS) is 17.3. The van der Waals surface area contributed by atoms with Gasteiger partial charge in [0.2, 0.25) is 0 Å². The number of fused-ring (bicyclic) bond motifs is 1. The van der Waals surface area contributed by atoms with Crippen LogP contribution < -0.4 is 4.31 Å². The number of benzene rings is 2. The maximum atomic E-state index is 12.8. The summed E-state index contributed by atoms with van der Waals surface area (Å²) in [5, 5.41) is 8.93. The number of para-hydroxylation sites is 1. The maximum absolute atomic E-state index is 12.8. The van der Waals surface area contributed by atoms with Crippen LogP contribution in [0, 0.1) is 11.3 Å². The van der Waals surface area contributed by atoms with E-state index in [1.54, 1.807) is 12.1 Å². The van der Waals surface area contributed by atoms with Crippen LogP contribution in [-0.2, 0) is 10.0 Å². The van der Waals surface area contributed by atoms with E-state index in [9.17, 15) is 8.42 Å². The maximum Gasteiger partial charge on any atom is 0.264 e. The average Bonchev–Trinajstić information content (AvgIpc) is 2.86. The highest BCUT2D eigenvalue weighted by molar-refractivity contribution is 7.92. The van der Waals surface area contributed by atoms with Crippen molar-refractivity contribution in [2.24, 2.45) is 0 Å². The number of nitriles is 1. The molecule has 2 aromatic rings. The Balaban J connectivity index is 2.10. The van der Waals surface area contributed by atoms with E-state index < -0.39 is 10.0 Å². The zero-order chi connectivity index (χ0) is 15.0. The Morgan fingerprint density at radius 1 is 1.19 bits per heavy atom. The molecule has 0 fully saturated rings. The molecule has 0 amide bonds. The molecule has 0 saturated heterocycles. The van der Waals surface area contributed by atoms with Gasteiger partial charge in [-0.15, -0.1) is 0 Å². The van der Waals surface area contributed by atoms with Crippen LogP contribution in [-0.4, -0.2) is 15.0 Å². The molecular formula is C16H14N2O2S. The minimum absolute atomic E-state index is 0.158. The Kier molecular flexibility index (Phi) is 3.19. The number of anilines is 1. The van der Waals surface area contributed by atoms with Crippen molar-refractivity contribution < 1.29 is 8.42 Å². The molecule has 0 unspecified atom stereocenters. The zero-order valence-corrected chi connectivity index (χ0v) is 12.3. The fourth-order valence-electron chi connectivity index (χ4n) is 2.66. The van der Waals surface area contributed by atoms with Gasteiger partial charge < -0.3 is 0 Å². The molecule has 21 heavy (non-hydrogen) atoms. The summed E-state index contributed by atoms with van der Waals surface area (Å²) >= 11 is 0. The molecular weight excluding hydrogens is 284 g/mol. The second kappa shape index (κ2) is 4.90. The van der Waals surface area contributed by atoms with Crippen LogP contribution in [0.5, 0.6) is 0 Å². The summed E-state index contributed by atoms with van der Waals surface area (Å²) in [5.74, 6) is 0.162. The van der Waals surface area contributed by atoms with Gasteiger partial charge in [0.1, 0.15) is 0 Å². The van der Waals surface area contributed by atoms with Gasteiger partial charge in [0.15, 0.2) is 0 Å². The van der Waals surface area contributed by atoms with Gasteiger partial charge in [-0.1, -0.05) is 31.2 Å². The Morgan fingerprint density at radius 2 is 1.95 bits per heavy atom. The second-order valence-electron chi connectivity index (χ2n) is 5.14. The fourth-order valence-corrected chi connectivity index (χ4v) is 4.28. The van der Waals surface area contributed by atoms with Crippen molar-refractivity contribution in [3.63, 3.8) is 0 Å². The lowest BCUT2D eigenvalue weighted by molar-refractivity contribution is 0.590. The summed E-state index contributed by atoms with van der Waals surface area (Å²) in [5.41, 5.74) is 2.11. The molecule has 0 bridgehead atoms. The first kappa shape index (κ1) is 13.7. The first-order valence-corrected chi connectivity index (χ1v) is 8.10. The average molecular weight is 298 g/mol. The van der Waals surface area contributed by atoms with Gasteiger partial charge in [-0.05, 0) is 29.8 Å². The number of nitrogens with zero attached hydrogens (tertiary/aromatic N) is 2. The molecule has 5 heteroatoms. The first-order chi connectivity index (χ1) is 10.0.